The standard InChI is InChI=1S/C10H19ClN2/c1-2-12-10-4-8-13(9-5-10)7-3-6-11/h3,6,10,12H,2,4-5,7-9H2,1H3/b6-3+. The summed E-state index contributed by atoms with van der Waals surface area (Å²) in [5.41, 5.74) is 1.61. The largest absolute Gasteiger partial charge is 0.314 e. The molecule has 1 heterocycles. The van der Waals surface area contributed by atoms with Crippen LogP contribution in [-0.4, -0.2) is 37.1 Å². The van der Waals surface area contributed by atoms with Gasteiger partial charge in [0.15, 0.2) is 0 Å². The third-order valence-corrected chi connectivity index (χ3v) is 2.71. The van der Waals surface area contributed by atoms with Crippen molar-refractivity contribution in [2.45, 2.75) is 25.8 Å². The van der Waals surface area contributed by atoms with Crippen molar-refractivity contribution in [1.82, 2.24) is 10.2 Å². The molecule has 1 rings (SSSR count). The average molecular weight is 203 g/mol. The summed E-state index contributed by atoms with van der Waals surface area (Å²) in [4.78, 5) is 2.44. The molecular weight excluding hydrogens is 184 g/mol. The normalized spacial score (nSPS) is 21.4. The Kier molecular flexibility index (Phi) is 5.44. The van der Waals surface area contributed by atoms with Crippen LogP contribution < -0.4 is 5.32 Å². The lowest BCUT2D eigenvalue weighted by atomic mass is 10.1. The number of nitrogens with zero attached hydrogens (tertiary/aromatic N) is 1. The van der Waals surface area contributed by atoms with Gasteiger partial charge in [-0.3, -0.25) is 4.90 Å². The number of halogens is 1. The van der Waals surface area contributed by atoms with Crippen molar-refractivity contribution in [2.24, 2.45) is 0 Å². The molecule has 0 amide bonds. The Balaban J connectivity index is 2.14. The molecule has 0 aromatic carbocycles. The van der Waals surface area contributed by atoms with E-state index in [0.717, 1.165) is 19.1 Å². The van der Waals surface area contributed by atoms with Gasteiger partial charge < -0.3 is 5.32 Å². The predicted molar refractivity (Wildman–Crippen MR) is 58.1 cm³/mol. The summed E-state index contributed by atoms with van der Waals surface area (Å²) in [6, 6.07) is 0.737. The Morgan fingerprint density at radius 2 is 2.15 bits per heavy atom. The minimum Gasteiger partial charge on any atom is -0.314 e. The lowest BCUT2D eigenvalue weighted by molar-refractivity contribution is 0.217. The van der Waals surface area contributed by atoms with Gasteiger partial charge in [0.05, 0.1) is 0 Å². The first kappa shape index (κ1) is 11.0. The maximum Gasteiger partial charge on any atom is 0.0174 e. The van der Waals surface area contributed by atoms with E-state index in [1.54, 1.807) is 5.54 Å². The Morgan fingerprint density at radius 3 is 2.69 bits per heavy atom. The minimum absolute atomic E-state index is 0.737. The van der Waals surface area contributed by atoms with Crippen LogP contribution in [0.4, 0.5) is 0 Å². The van der Waals surface area contributed by atoms with E-state index < -0.39 is 0 Å². The molecule has 1 N–H and O–H groups in total. The summed E-state index contributed by atoms with van der Waals surface area (Å²) in [6.07, 6.45) is 4.54. The van der Waals surface area contributed by atoms with Crippen molar-refractivity contribution in [3.63, 3.8) is 0 Å². The third kappa shape index (κ3) is 4.12. The zero-order valence-electron chi connectivity index (χ0n) is 8.30. The van der Waals surface area contributed by atoms with Gasteiger partial charge in [-0.25, -0.2) is 0 Å². The monoisotopic (exact) mass is 202 g/mol. The molecule has 1 aliphatic heterocycles. The van der Waals surface area contributed by atoms with Gasteiger partial charge in [-0.2, -0.15) is 0 Å². The van der Waals surface area contributed by atoms with Crippen molar-refractivity contribution in [3.05, 3.63) is 11.6 Å². The van der Waals surface area contributed by atoms with Crippen molar-refractivity contribution in [1.29, 1.82) is 0 Å². The zero-order valence-corrected chi connectivity index (χ0v) is 9.06. The number of rotatable bonds is 4. The average Bonchev–Trinajstić information content (AvgIpc) is 2.17. The van der Waals surface area contributed by atoms with Crippen LogP contribution in [0.2, 0.25) is 0 Å². The van der Waals surface area contributed by atoms with Crippen molar-refractivity contribution in [3.8, 4) is 0 Å². The first-order valence-electron chi connectivity index (χ1n) is 5.07. The van der Waals surface area contributed by atoms with Crippen LogP contribution in [0.15, 0.2) is 11.6 Å². The molecule has 0 aromatic heterocycles. The molecule has 2 nitrogen and oxygen atoms in total. The molecule has 0 atom stereocenters. The maximum absolute atomic E-state index is 5.48. The second-order valence-corrected chi connectivity index (χ2v) is 3.75. The quantitative estimate of drug-likeness (QED) is 0.748. The molecule has 3 heteroatoms. The fourth-order valence-electron chi connectivity index (χ4n) is 1.80. The molecular formula is C10H19ClN2. The molecule has 0 unspecified atom stereocenters. The van der Waals surface area contributed by atoms with E-state index in [2.05, 4.69) is 17.1 Å². The van der Waals surface area contributed by atoms with Crippen LogP contribution in [-0.2, 0) is 0 Å². The first-order valence-corrected chi connectivity index (χ1v) is 5.51. The van der Waals surface area contributed by atoms with Gasteiger partial charge in [-0.05, 0) is 32.5 Å². The minimum atomic E-state index is 0.737. The maximum atomic E-state index is 5.48. The summed E-state index contributed by atoms with van der Waals surface area (Å²) in [5.74, 6) is 0. The Bertz CT molecular complexity index is 151. The SMILES string of the molecule is CCNC1CCN(C/C=C/Cl)CC1. The summed E-state index contributed by atoms with van der Waals surface area (Å²) in [6.45, 7) is 6.65. The molecule has 0 aromatic rings. The van der Waals surface area contributed by atoms with Gasteiger partial charge >= 0.3 is 0 Å². The fourth-order valence-corrected chi connectivity index (χ4v) is 1.88. The highest BCUT2D eigenvalue weighted by atomic mass is 35.5. The summed E-state index contributed by atoms with van der Waals surface area (Å²) < 4.78 is 0. The third-order valence-electron chi connectivity index (χ3n) is 2.53. The number of nitrogens with one attached hydrogen (secondary N) is 1. The summed E-state index contributed by atoms with van der Waals surface area (Å²) in [7, 11) is 0. The lowest BCUT2D eigenvalue weighted by Crippen LogP contribution is -2.42. The smallest absolute Gasteiger partial charge is 0.0174 e. The highest BCUT2D eigenvalue weighted by Gasteiger charge is 2.16. The Hall–Kier alpha value is -0.0500. The molecule has 76 valence electrons. The molecule has 0 saturated carbocycles. The van der Waals surface area contributed by atoms with Crippen molar-refractivity contribution >= 4 is 11.6 Å². The summed E-state index contributed by atoms with van der Waals surface area (Å²) >= 11 is 5.48. The highest BCUT2D eigenvalue weighted by Crippen LogP contribution is 2.09. The first-order chi connectivity index (χ1) is 6.36. The second kappa shape index (κ2) is 6.41. The lowest BCUT2D eigenvalue weighted by Gasteiger charge is -2.31. The Labute approximate surface area is 85.9 Å². The number of piperidine rings is 1. The molecule has 0 bridgehead atoms. The highest BCUT2D eigenvalue weighted by molar-refractivity contribution is 6.25. The van der Waals surface area contributed by atoms with Gasteiger partial charge in [0.2, 0.25) is 0 Å². The van der Waals surface area contributed by atoms with E-state index in [1.807, 2.05) is 6.08 Å². The molecule has 0 aliphatic carbocycles. The number of likely N-dealkylation sites (tertiary alicyclic amines) is 1. The van der Waals surface area contributed by atoms with E-state index in [0.29, 0.717) is 0 Å². The van der Waals surface area contributed by atoms with E-state index in [-0.39, 0.29) is 0 Å². The fraction of sp³-hybridized carbons (Fsp3) is 0.800. The molecule has 1 fully saturated rings. The van der Waals surface area contributed by atoms with Crippen LogP contribution in [0.5, 0.6) is 0 Å². The van der Waals surface area contributed by atoms with E-state index in [9.17, 15) is 0 Å². The second-order valence-electron chi connectivity index (χ2n) is 3.49. The van der Waals surface area contributed by atoms with Gasteiger partial charge in [0, 0.05) is 18.1 Å². The van der Waals surface area contributed by atoms with Crippen molar-refractivity contribution < 1.29 is 0 Å². The van der Waals surface area contributed by atoms with Crippen LogP contribution >= 0.6 is 11.6 Å². The molecule has 13 heavy (non-hydrogen) atoms. The molecule has 0 radical (unpaired) electrons. The van der Waals surface area contributed by atoms with Gasteiger partial charge in [-0.15, -0.1) is 0 Å². The van der Waals surface area contributed by atoms with Crippen molar-refractivity contribution in [2.75, 3.05) is 26.2 Å². The van der Waals surface area contributed by atoms with Gasteiger partial charge in [0.25, 0.3) is 0 Å². The Morgan fingerprint density at radius 1 is 1.46 bits per heavy atom. The molecule has 1 aliphatic rings. The van der Waals surface area contributed by atoms with Gasteiger partial charge in [-0.1, -0.05) is 24.6 Å². The molecule has 1 saturated heterocycles. The zero-order chi connectivity index (χ0) is 9.52. The van der Waals surface area contributed by atoms with E-state index in [1.165, 1.54) is 25.9 Å². The summed E-state index contributed by atoms with van der Waals surface area (Å²) in [5, 5.41) is 3.49. The van der Waals surface area contributed by atoms with Gasteiger partial charge in [0.1, 0.15) is 0 Å². The van der Waals surface area contributed by atoms with Crippen LogP contribution in [0.25, 0.3) is 0 Å². The molecule has 0 spiro atoms. The number of hydrogen-bond acceptors (Lipinski definition) is 2. The number of hydrogen-bond donors (Lipinski definition) is 1. The van der Waals surface area contributed by atoms with E-state index in [4.69, 9.17) is 11.6 Å². The van der Waals surface area contributed by atoms with Crippen LogP contribution in [0.3, 0.4) is 0 Å². The van der Waals surface area contributed by atoms with Crippen LogP contribution in [0, 0.1) is 0 Å². The van der Waals surface area contributed by atoms with Crippen LogP contribution in [0.1, 0.15) is 19.8 Å². The topological polar surface area (TPSA) is 15.3 Å². The predicted octanol–water partition coefficient (Wildman–Crippen LogP) is 1.81. The van der Waals surface area contributed by atoms with E-state index >= 15 is 0 Å².